The van der Waals surface area contributed by atoms with E-state index in [1.54, 1.807) is 17.0 Å². The molecule has 4 rings (SSSR count). The van der Waals surface area contributed by atoms with E-state index in [9.17, 15) is 9.59 Å². The normalized spacial score (nSPS) is 18.9. The van der Waals surface area contributed by atoms with Crippen LogP contribution in [-0.2, 0) is 9.59 Å². The summed E-state index contributed by atoms with van der Waals surface area (Å²) in [5.74, 6) is 1.03. The number of rotatable bonds is 5. The van der Waals surface area contributed by atoms with Gasteiger partial charge >= 0.3 is 0 Å². The largest absolute Gasteiger partial charge is 0.454 e. The third-order valence-corrected chi connectivity index (χ3v) is 5.97. The molecule has 2 amide bonds. The van der Waals surface area contributed by atoms with Crippen molar-refractivity contribution in [3.8, 4) is 11.5 Å². The molecule has 0 radical (unpaired) electrons. The fraction of sp³-hybridized carbons (Fsp3) is 0.318. The lowest BCUT2D eigenvalue weighted by Crippen LogP contribution is -2.33. The van der Waals surface area contributed by atoms with E-state index < -0.39 is 5.25 Å². The Hall–Kier alpha value is -3.00. The standard InChI is InChI=1S/C22H23N3O4S/c1-4-25-21(27)19(11-20(26)23-16-8-13(2)7-14(3)9-16)30-22(25)24-15-5-6-17-18(10-15)29-12-28-17/h5-10,19H,4,11-12H2,1-3H3,(H,23,26). The number of nitrogens with zero attached hydrogens (tertiary/aromatic N) is 2. The van der Waals surface area contributed by atoms with E-state index in [0.29, 0.717) is 28.9 Å². The van der Waals surface area contributed by atoms with Gasteiger partial charge in [-0.05, 0) is 56.2 Å². The number of aliphatic imine (C=N–C) groups is 1. The predicted molar refractivity (Wildman–Crippen MR) is 118 cm³/mol. The van der Waals surface area contributed by atoms with Crippen molar-refractivity contribution < 1.29 is 19.1 Å². The van der Waals surface area contributed by atoms with Crippen LogP contribution in [0.2, 0.25) is 0 Å². The molecule has 2 aromatic carbocycles. The highest BCUT2D eigenvalue weighted by Crippen LogP contribution is 2.37. The first-order valence-electron chi connectivity index (χ1n) is 9.77. The molecule has 2 aliphatic heterocycles. The number of hydrogen-bond donors (Lipinski definition) is 1. The van der Waals surface area contributed by atoms with Crippen LogP contribution in [0.3, 0.4) is 0 Å². The average molecular weight is 426 g/mol. The van der Waals surface area contributed by atoms with Crippen molar-refractivity contribution in [1.82, 2.24) is 4.90 Å². The van der Waals surface area contributed by atoms with Crippen LogP contribution in [0.4, 0.5) is 11.4 Å². The average Bonchev–Trinajstić information content (AvgIpc) is 3.25. The van der Waals surface area contributed by atoms with Crippen LogP contribution >= 0.6 is 11.8 Å². The Labute approximate surface area is 179 Å². The van der Waals surface area contributed by atoms with Gasteiger partial charge in [0.1, 0.15) is 5.25 Å². The minimum atomic E-state index is -0.497. The number of aryl methyl sites for hydroxylation is 2. The quantitative estimate of drug-likeness (QED) is 0.783. The van der Waals surface area contributed by atoms with E-state index in [1.165, 1.54) is 11.8 Å². The van der Waals surface area contributed by atoms with Gasteiger partial charge < -0.3 is 14.8 Å². The van der Waals surface area contributed by atoms with Crippen molar-refractivity contribution in [2.45, 2.75) is 32.4 Å². The Morgan fingerprint density at radius 3 is 2.63 bits per heavy atom. The Bertz CT molecular complexity index is 1020. The van der Waals surface area contributed by atoms with Gasteiger partial charge in [-0.15, -0.1) is 0 Å². The summed E-state index contributed by atoms with van der Waals surface area (Å²) in [7, 11) is 0. The topological polar surface area (TPSA) is 80.2 Å². The Morgan fingerprint density at radius 1 is 1.17 bits per heavy atom. The number of thioether (sulfide) groups is 1. The maximum absolute atomic E-state index is 12.8. The van der Waals surface area contributed by atoms with E-state index in [4.69, 9.17) is 9.47 Å². The molecule has 1 atom stereocenters. The second-order valence-corrected chi connectivity index (χ2v) is 8.42. The molecule has 2 aliphatic rings. The first-order chi connectivity index (χ1) is 14.4. The fourth-order valence-electron chi connectivity index (χ4n) is 3.51. The van der Waals surface area contributed by atoms with Gasteiger partial charge in [0.05, 0.1) is 5.69 Å². The van der Waals surface area contributed by atoms with Crippen LogP contribution in [0.15, 0.2) is 41.4 Å². The highest BCUT2D eigenvalue weighted by atomic mass is 32.2. The molecular formula is C22H23N3O4S. The van der Waals surface area contributed by atoms with Gasteiger partial charge in [0, 0.05) is 24.7 Å². The predicted octanol–water partition coefficient (Wildman–Crippen LogP) is 4.01. The third-order valence-electron chi connectivity index (χ3n) is 4.79. The Balaban J connectivity index is 1.47. The summed E-state index contributed by atoms with van der Waals surface area (Å²) in [5.41, 5.74) is 3.57. The smallest absolute Gasteiger partial charge is 0.242 e. The van der Waals surface area contributed by atoms with Crippen LogP contribution in [0.1, 0.15) is 24.5 Å². The van der Waals surface area contributed by atoms with Gasteiger partial charge in [-0.1, -0.05) is 17.8 Å². The van der Waals surface area contributed by atoms with Crippen molar-refractivity contribution in [2.24, 2.45) is 4.99 Å². The lowest BCUT2D eigenvalue weighted by atomic mass is 10.1. The van der Waals surface area contributed by atoms with Gasteiger partial charge in [-0.2, -0.15) is 0 Å². The number of ether oxygens (including phenoxy) is 2. The highest BCUT2D eigenvalue weighted by molar-refractivity contribution is 8.15. The Morgan fingerprint density at radius 2 is 1.90 bits per heavy atom. The number of fused-ring (bicyclic) bond motifs is 1. The fourth-order valence-corrected chi connectivity index (χ4v) is 4.73. The van der Waals surface area contributed by atoms with E-state index in [1.807, 2.05) is 45.0 Å². The van der Waals surface area contributed by atoms with Crippen LogP contribution in [0, 0.1) is 13.8 Å². The lowest BCUT2D eigenvalue weighted by molar-refractivity contribution is -0.128. The zero-order valence-electron chi connectivity index (χ0n) is 17.1. The molecule has 1 saturated heterocycles. The van der Waals surface area contributed by atoms with Gasteiger partial charge in [0.25, 0.3) is 0 Å². The summed E-state index contributed by atoms with van der Waals surface area (Å²) in [4.78, 5) is 31.6. The maximum atomic E-state index is 12.8. The molecule has 1 N–H and O–H groups in total. The van der Waals surface area contributed by atoms with E-state index in [0.717, 1.165) is 16.8 Å². The summed E-state index contributed by atoms with van der Waals surface area (Å²) in [6, 6.07) is 11.3. The van der Waals surface area contributed by atoms with E-state index in [2.05, 4.69) is 10.3 Å². The van der Waals surface area contributed by atoms with Crippen LogP contribution in [0.25, 0.3) is 0 Å². The molecule has 7 nitrogen and oxygen atoms in total. The first kappa shape index (κ1) is 20.3. The molecule has 0 aromatic heterocycles. The number of carbonyl (C=O) groups excluding carboxylic acids is 2. The number of nitrogens with one attached hydrogen (secondary N) is 1. The maximum Gasteiger partial charge on any atom is 0.242 e. The molecule has 0 saturated carbocycles. The van der Waals surface area contributed by atoms with Gasteiger partial charge in [0.15, 0.2) is 16.7 Å². The van der Waals surface area contributed by atoms with Gasteiger partial charge in [0.2, 0.25) is 18.6 Å². The molecule has 1 unspecified atom stereocenters. The number of benzene rings is 2. The minimum absolute atomic E-state index is 0.0904. The van der Waals surface area contributed by atoms with Crippen molar-refractivity contribution in [3.63, 3.8) is 0 Å². The van der Waals surface area contributed by atoms with Gasteiger partial charge in [-0.25, -0.2) is 4.99 Å². The summed E-state index contributed by atoms with van der Waals surface area (Å²) < 4.78 is 10.7. The first-order valence-corrected chi connectivity index (χ1v) is 10.7. The van der Waals surface area contributed by atoms with Crippen molar-refractivity contribution in [3.05, 3.63) is 47.5 Å². The highest BCUT2D eigenvalue weighted by Gasteiger charge is 2.38. The molecule has 0 spiro atoms. The molecule has 1 fully saturated rings. The minimum Gasteiger partial charge on any atom is -0.454 e. The SMILES string of the molecule is CCN1C(=O)C(CC(=O)Nc2cc(C)cc(C)c2)SC1=Nc1ccc2c(c1)OCO2. The van der Waals surface area contributed by atoms with E-state index in [-0.39, 0.29) is 25.0 Å². The molecule has 156 valence electrons. The molecule has 2 heterocycles. The van der Waals surface area contributed by atoms with Gasteiger partial charge in [-0.3, -0.25) is 14.5 Å². The monoisotopic (exact) mass is 425 g/mol. The summed E-state index contributed by atoms with van der Waals surface area (Å²) >= 11 is 1.32. The number of amidine groups is 1. The van der Waals surface area contributed by atoms with Crippen LogP contribution < -0.4 is 14.8 Å². The summed E-state index contributed by atoms with van der Waals surface area (Å²) in [6.07, 6.45) is 0.0904. The number of carbonyl (C=O) groups is 2. The van der Waals surface area contributed by atoms with Crippen molar-refractivity contribution in [2.75, 3.05) is 18.7 Å². The zero-order valence-corrected chi connectivity index (χ0v) is 17.9. The van der Waals surface area contributed by atoms with Crippen LogP contribution in [-0.4, -0.2) is 40.5 Å². The molecule has 8 heteroatoms. The third kappa shape index (κ3) is 4.28. The molecular weight excluding hydrogens is 402 g/mol. The lowest BCUT2D eigenvalue weighted by Gasteiger charge is -2.13. The number of hydrogen-bond acceptors (Lipinski definition) is 6. The van der Waals surface area contributed by atoms with Crippen molar-refractivity contribution in [1.29, 1.82) is 0 Å². The second-order valence-electron chi connectivity index (χ2n) is 7.25. The number of amides is 2. The Kier molecular flexibility index (Phi) is 5.67. The second kappa shape index (κ2) is 8.39. The molecule has 2 aromatic rings. The summed E-state index contributed by atoms with van der Waals surface area (Å²) in [5, 5.41) is 3.00. The summed E-state index contributed by atoms with van der Waals surface area (Å²) in [6.45, 7) is 6.55. The van der Waals surface area contributed by atoms with E-state index >= 15 is 0 Å². The van der Waals surface area contributed by atoms with Crippen molar-refractivity contribution >= 4 is 40.1 Å². The molecule has 0 bridgehead atoms. The number of anilines is 1. The van der Waals surface area contributed by atoms with Crippen LogP contribution in [0.5, 0.6) is 11.5 Å². The molecule has 30 heavy (non-hydrogen) atoms. The molecule has 0 aliphatic carbocycles. The zero-order chi connectivity index (χ0) is 21.3.